The summed E-state index contributed by atoms with van der Waals surface area (Å²) in [5.41, 5.74) is 5.44. The first kappa shape index (κ1) is 11.8. The minimum Gasteiger partial charge on any atom is -0.439 e. The number of hydrogen-bond donors (Lipinski definition) is 2. The van der Waals surface area contributed by atoms with E-state index in [1.807, 2.05) is 0 Å². The second kappa shape index (κ2) is 5.00. The molecule has 0 aromatic heterocycles. The minimum absolute atomic E-state index is 0.421. The Morgan fingerprint density at radius 3 is 2.60 bits per heavy atom. The molecule has 0 spiro atoms. The lowest BCUT2D eigenvalue weighted by atomic mass is 10.1. The van der Waals surface area contributed by atoms with Crippen LogP contribution in [0.15, 0.2) is 24.3 Å². The molecule has 0 heterocycles. The first-order valence-electron chi connectivity index (χ1n) is 4.41. The first-order chi connectivity index (χ1) is 7.02. The van der Waals surface area contributed by atoms with Crippen LogP contribution >= 0.6 is 11.6 Å². The lowest BCUT2D eigenvalue weighted by Gasteiger charge is -2.20. The maximum atomic E-state index is 10.6. The number of benzene rings is 1. The number of carbonyl (C=O) groups is 1. The second-order valence-corrected chi connectivity index (χ2v) is 3.53. The van der Waals surface area contributed by atoms with Crippen LogP contribution in [0.5, 0.6) is 0 Å². The van der Waals surface area contributed by atoms with Crippen molar-refractivity contribution in [1.82, 2.24) is 0 Å². The maximum Gasteiger partial charge on any atom is 0.405 e. The number of ether oxygens (including phenoxy) is 1. The van der Waals surface area contributed by atoms with Gasteiger partial charge in [0.1, 0.15) is 0 Å². The summed E-state index contributed by atoms with van der Waals surface area (Å²) in [6.45, 7) is 1.50. The molecule has 1 aromatic carbocycles. The van der Waals surface area contributed by atoms with Crippen LogP contribution in [0.3, 0.4) is 0 Å². The molecule has 1 aromatic rings. The largest absolute Gasteiger partial charge is 0.439 e. The highest BCUT2D eigenvalue weighted by atomic mass is 35.5. The van der Waals surface area contributed by atoms with E-state index in [2.05, 4.69) is 0 Å². The Labute approximate surface area is 92.6 Å². The summed E-state index contributed by atoms with van der Waals surface area (Å²) in [5.74, 6) is 0. The van der Waals surface area contributed by atoms with Crippen molar-refractivity contribution in [3.63, 3.8) is 0 Å². The van der Waals surface area contributed by atoms with Crippen molar-refractivity contribution in [2.24, 2.45) is 5.73 Å². The van der Waals surface area contributed by atoms with Crippen molar-refractivity contribution >= 4 is 17.7 Å². The molecule has 0 bridgehead atoms. The van der Waals surface area contributed by atoms with Crippen LogP contribution < -0.4 is 5.73 Å². The van der Waals surface area contributed by atoms with E-state index >= 15 is 0 Å². The molecule has 1 amide bonds. The summed E-state index contributed by atoms with van der Waals surface area (Å²) in [5, 5.41) is 9.87. The molecular weight excluding hydrogens is 218 g/mol. The standard InChI is InChI=1S/C10H12ClNO3/c1-6(13)9(15-10(12)14)7-4-2-3-5-8(7)11/h2-6,9,13H,1H3,(H2,12,14)/t6-,9+/m0/s1. The summed E-state index contributed by atoms with van der Waals surface area (Å²) in [6.07, 6.45) is -2.66. The van der Waals surface area contributed by atoms with Crippen LogP contribution in [0.4, 0.5) is 4.79 Å². The lowest BCUT2D eigenvalue weighted by Crippen LogP contribution is -2.25. The fourth-order valence-electron chi connectivity index (χ4n) is 1.25. The molecule has 0 aliphatic heterocycles. The predicted molar refractivity (Wildman–Crippen MR) is 56.5 cm³/mol. The van der Waals surface area contributed by atoms with Crippen molar-refractivity contribution in [1.29, 1.82) is 0 Å². The molecule has 0 aliphatic rings. The summed E-state index contributed by atoms with van der Waals surface area (Å²) < 4.78 is 4.78. The lowest BCUT2D eigenvalue weighted by molar-refractivity contribution is 0.0148. The molecule has 15 heavy (non-hydrogen) atoms. The minimum atomic E-state index is -0.944. The molecule has 0 fully saturated rings. The number of carbonyl (C=O) groups excluding carboxylic acids is 1. The molecule has 0 aliphatic carbocycles. The average molecular weight is 230 g/mol. The Balaban J connectivity index is 2.99. The summed E-state index contributed by atoms with van der Waals surface area (Å²) in [4.78, 5) is 10.6. The third-order valence-electron chi connectivity index (χ3n) is 1.89. The van der Waals surface area contributed by atoms with E-state index in [9.17, 15) is 9.90 Å². The zero-order valence-electron chi connectivity index (χ0n) is 8.18. The van der Waals surface area contributed by atoms with Gasteiger partial charge in [-0.15, -0.1) is 0 Å². The molecule has 2 atom stereocenters. The quantitative estimate of drug-likeness (QED) is 0.831. The number of aliphatic hydroxyl groups excluding tert-OH is 1. The number of rotatable bonds is 3. The zero-order valence-corrected chi connectivity index (χ0v) is 8.94. The zero-order chi connectivity index (χ0) is 11.4. The van der Waals surface area contributed by atoms with E-state index in [4.69, 9.17) is 22.1 Å². The van der Waals surface area contributed by atoms with E-state index in [1.54, 1.807) is 24.3 Å². The van der Waals surface area contributed by atoms with Gasteiger partial charge in [-0.05, 0) is 13.0 Å². The van der Waals surface area contributed by atoms with Crippen molar-refractivity contribution in [3.05, 3.63) is 34.9 Å². The highest BCUT2D eigenvalue weighted by molar-refractivity contribution is 6.31. The van der Waals surface area contributed by atoms with Gasteiger partial charge in [0, 0.05) is 10.6 Å². The normalized spacial score (nSPS) is 14.3. The first-order valence-corrected chi connectivity index (χ1v) is 4.78. The number of nitrogens with two attached hydrogens (primary N) is 1. The fourth-order valence-corrected chi connectivity index (χ4v) is 1.50. The Hall–Kier alpha value is -1.26. The fraction of sp³-hybridized carbons (Fsp3) is 0.300. The highest BCUT2D eigenvalue weighted by Gasteiger charge is 2.22. The van der Waals surface area contributed by atoms with E-state index in [-0.39, 0.29) is 0 Å². The van der Waals surface area contributed by atoms with Crippen molar-refractivity contribution in [2.45, 2.75) is 19.1 Å². The van der Waals surface area contributed by atoms with Crippen LogP contribution in [0, 0.1) is 0 Å². The molecule has 0 saturated heterocycles. The maximum absolute atomic E-state index is 10.6. The highest BCUT2D eigenvalue weighted by Crippen LogP contribution is 2.27. The summed E-state index contributed by atoms with van der Waals surface area (Å²) in [7, 11) is 0. The van der Waals surface area contributed by atoms with E-state index in [0.29, 0.717) is 10.6 Å². The van der Waals surface area contributed by atoms with Crippen molar-refractivity contribution in [2.75, 3.05) is 0 Å². The molecule has 5 heteroatoms. The second-order valence-electron chi connectivity index (χ2n) is 3.12. The van der Waals surface area contributed by atoms with Gasteiger partial charge in [-0.25, -0.2) is 4.79 Å². The Morgan fingerprint density at radius 1 is 1.53 bits per heavy atom. The van der Waals surface area contributed by atoms with Crippen molar-refractivity contribution < 1.29 is 14.6 Å². The topological polar surface area (TPSA) is 72.6 Å². The van der Waals surface area contributed by atoms with Gasteiger partial charge in [-0.2, -0.15) is 0 Å². The Morgan fingerprint density at radius 2 is 2.13 bits per heavy atom. The Bertz CT molecular complexity index is 354. The number of hydrogen-bond acceptors (Lipinski definition) is 3. The number of halogens is 1. The van der Waals surface area contributed by atoms with Gasteiger partial charge in [0.05, 0.1) is 6.10 Å². The smallest absolute Gasteiger partial charge is 0.405 e. The SMILES string of the molecule is C[C@H](O)[C@@H](OC(N)=O)c1ccccc1Cl. The number of aliphatic hydroxyl groups is 1. The molecule has 0 saturated carbocycles. The van der Waals surface area contributed by atoms with Crippen LogP contribution in [-0.4, -0.2) is 17.3 Å². The Kier molecular flexibility index (Phi) is 3.94. The molecule has 1 rings (SSSR count). The van der Waals surface area contributed by atoms with Gasteiger partial charge in [-0.3, -0.25) is 0 Å². The average Bonchev–Trinajstić information content (AvgIpc) is 2.15. The molecule has 0 radical (unpaired) electrons. The number of amides is 1. The predicted octanol–water partition coefficient (Wildman–Crippen LogP) is 1.86. The van der Waals surface area contributed by atoms with E-state index in [0.717, 1.165) is 0 Å². The molecule has 4 nitrogen and oxygen atoms in total. The molecule has 0 unspecified atom stereocenters. The third-order valence-corrected chi connectivity index (χ3v) is 2.24. The van der Waals surface area contributed by atoms with Crippen LogP contribution in [0.25, 0.3) is 0 Å². The molecule has 3 N–H and O–H groups in total. The van der Waals surface area contributed by atoms with Gasteiger partial charge in [0.25, 0.3) is 0 Å². The van der Waals surface area contributed by atoms with Gasteiger partial charge in [0.2, 0.25) is 0 Å². The summed E-state index contributed by atoms with van der Waals surface area (Å²) in [6, 6.07) is 6.80. The molecule has 82 valence electrons. The van der Waals surface area contributed by atoms with Crippen molar-refractivity contribution in [3.8, 4) is 0 Å². The van der Waals surface area contributed by atoms with Gasteiger partial charge in [-0.1, -0.05) is 29.8 Å². The third kappa shape index (κ3) is 3.11. The van der Waals surface area contributed by atoms with Gasteiger partial charge < -0.3 is 15.6 Å². The summed E-state index contributed by atoms with van der Waals surface area (Å²) >= 11 is 5.90. The van der Waals surface area contributed by atoms with Gasteiger partial charge in [0.15, 0.2) is 6.10 Å². The van der Waals surface area contributed by atoms with Crippen LogP contribution in [0.2, 0.25) is 5.02 Å². The number of primary amides is 1. The van der Waals surface area contributed by atoms with Gasteiger partial charge >= 0.3 is 6.09 Å². The molecular formula is C10H12ClNO3. The van der Waals surface area contributed by atoms with Crippen LogP contribution in [-0.2, 0) is 4.74 Å². The van der Waals surface area contributed by atoms with Crippen LogP contribution in [0.1, 0.15) is 18.6 Å². The van der Waals surface area contributed by atoms with E-state index in [1.165, 1.54) is 6.92 Å². The monoisotopic (exact) mass is 229 g/mol. The van der Waals surface area contributed by atoms with E-state index < -0.39 is 18.3 Å².